The van der Waals surface area contributed by atoms with Crippen molar-refractivity contribution in [2.24, 2.45) is 0 Å². The zero-order valence-electron chi connectivity index (χ0n) is 10.4. The van der Waals surface area contributed by atoms with Gasteiger partial charge >= 0.3 is 0 Å². The molecular formula is C15H10N2O2S. The number of thiophene rings is 1. The number of hydrogen-bond acceptors (Lipinski definition) is 4. The summed E-state index contributed by atoms with van der Waals surface area (Å²) in [5, 5.41) is 22.0. The van der Waals surface area contributed by atoms with Crippen molar-refractivity contribution < 1.29 is 9.90 Å². The first-order valence-electron chi connectivity index (χ1n) is 5.73. The fourth-order valence-corrected chi connectivity index (χ4v) is 2.32. The molecule has 0 bridgehead atoms. The van der Waals surface area contributed by atoms with Crippen LogP contribution in [-0.2, 0) is 0 Å². The van der Waals surface area contributed by atoms with E-state index in [2.05, 4.69) is 17.2 Å². The maximum absolute atomic E-state index is 12.1. The highest BCUT2D eigenvalue weighted by molar-refractivity contribution is 7.12. The zero-order chi connectivity index (χ0) is 14.4. The standard InChI is InChI=1S/C15H10N2O2S/c16-10-11-3-1-5-13(9-11)17-15(19)14-12(4-2-7-18)6-8-20-14/h1,3,5-6,8-9,18H,7H2,(H,17,19). The Balaban J connectivity index is 2.20. The maximum Gasteiger partial charge on any atom is 0.267 e. The Labute approximate surface area is 120 Å². The number of aliphatic hydroxyl groups is 1. The lowest BCUT2D eigenvalue weighted by atomic mass is 10.2. The second-order valence-electron chi connectivity index (χ2n) is 3.77. The van der Waals surface area contributed by atoms with Gasteiger partial charge in [-0.15, -0.1) is 11.3 Å². The van der Waals surface area contributed by atoms with E-state index in [0.717, 1.165) is 0 Å². The van der Waals surface area contributed by atoms with Gasteiger partial charge in [-0.1, -0.05) is 17.9 Å². The van der Waals surface area contributed by atoms with Gasteiger partial charge in [0.25, 0.3) is 5.91 Å². The molecule has 1 amide bonds. The first-order chi connectivity index (χ1) is 9.74. The van der Waals surface area contributed by atoms with Crippen LogP contribution in [0.4, 0.5) is 5.69 Å². The van der Waals surface area contributed by atoms with Crippen LogP contribution in [0.15, 0.2) is 35.7 Å². The van der Waals surface area contributed by atoms with E-state index in [-0.39, 0.29) is 12.5 Å². The number of benzene rings is 1. The smallest absolute Gasteiger partial charge is 0.267 e. The van der Waals surface area contributed by atoms with E-state index in [0.29, 0.717) is 21.7 Å². The van der Waals surface area contributed by atoms with Crippen molar-refractivity contribution in [3.63, 3.8) is 0 Å². The third kappa shape index (κ3) is 3.24. The summed E-state index contributed by atoms with van der Waals surface area (Å²) in [4.78, 5) is 12.6. The molecule has 1 aromatic carbocycles. The molecule has 98 valence electrons. The van der Waals surface area contributed by atoms with E-state index in [9.17, 15) is 4.79 Å². The molecule has 0 aliphatic heterocycles. The van der Waals surface area contributed by atoms with Gasteiger partial charge in [0.15, 0.2) is 0 Å². The maximum atomic E-state index is 12.1. The zero-order valence-corrected chi connectivity index (χ0v) is 11.2. The minimum Gasteiger partial charge on any atom is -0.384 e. The Bertz CT molecular complexity index is 732. The van der Waals surface area contributed by atoms with E-state index in [1.807, 2.05) is 6.07 Å². The van der Waals surface area contributed by atoms with Crippen molar-refractivity contribution in [3.05, 3.63) is 51.7 Å². The quantitative estimate of drug-likeness (QED) is 0.829. The fourth-order valence-electron chi connectivity index (χ4n) is 1.57. The number of nitrogens with one attached hydrogen (secondary N) is 1. The monoisotopic (exact) mass is 282 g/mol. The SMILES string of the molecule is N#Cc1cccc(NC(=O)c2sccc2C#CCO)c1. The fraction of sp³-hybridized carbons (Fsp3) is 0.0667. The highest BCUT2D eigenvalue weighted by Crippen LogP contribution is 2.18. The summed E-state index contributed by atoms with van der Waals surface area (Å²) in [6, 6.07) is 10.4. The molecule has 0 aliphatic carbocycles. The third-order valence-electron chi connectivity index (χ3n) is 2.42. The summed E-state index contributed by atoms with van der Waals surface area (Å²) < 4.78 is 0. The minimum atomic E-state index is -0.280. The van der Waals surface area contributed by atoms with Crippen molar-refractivity contribution in [1.82, 2.24) is 0 Å². The van der Waals surface area contributed by atoms with Crippen LogP contribution in [0, 0.1) is 23.2 Å². The molecular weight excluding hydrogens is 272 g/mol. The summed E-state index contributed by atoms with van der Waals surface area (Å²) in [5.41, 5.74) is 1.62. The van der Waals surface area contributed by atoms with E-state index >= 15 is 0 Å². The molecule has 4 nitrogen and oxygen atoms in total. The van der Waals surface area contributed by atoms with E-state index < -0.39 is 0 Å². The topological polar surface area (TPSA) is 73.1 Å². The van der Waals surface area contributed by atoms with Crippen molar-refractivity contribution in [2.75, 3.05) is 11.9 Å². The number of aliphatic hydroxyl groups excluding tert-OH is 1. The van der Waals surface area contributed by atoms with Crippen LogP contribution >= 0.6 is 11.3 Å². The van der Waals surface area contributed by atoms with Crippen molar-refractivity contribution >= 4 is 22.9 Å². The van der Waals surface area contributed by atoms with Crippen LogP contribution in [-0.4, -0.2) is 17.6 Å². The third-order valence-corrected chi connectivity index (χ3v) is 3.34. The van der Waals surface area contributed by atoms with E-state index in [1.165, 1.54) is 11.3 Å². The molecule has 2 N–H and O–H groups in total. The molecule has 0 aliphatic rings. The Morgan fingerprint density at radius 1 is 1.40 bits per heavy atom. The Kier molecular flexibility index (Phi) is 4.52. The average molecular weight is 282 g/mol. The van der Waals surface area contributed by atoms with Crippen LogP contribution in [0.25, 0.3) is 0 Å². The lowest BCUT2D eigenvalue weighted by Crippen LogP contribution is -2.11. The van der Waals surface area contributed by atoms with Crippen LogP contribution in [0.2, 0.25) is 0 Å². The minimum absolute atomic E-state index is 0.249. The van der Waals surface area contributed by atoms with Crippen LogP contribution in [0.1, 0.15) is 20.8 Å². The van der Waals surface area contributed by atoms with Crippen LogP contribution < -0.4 is 5.32 Å². The number of anilines is 1. The van der Waals surface area contributed by atoms with Gasteiger partial charge in [0.1, 0.15) is 11.5 Å². The molecule has 1 aromatic heterocycles. The largest absolute Gasteiger partial charge is 0.384 e. The molecule has 0 unspecified atom stereocenters. The molecule has 20 heavy (non-hydrogen) atoms. The Hall–Kier alpha value is -2.60. The number of amides is 1. The van der Waals surface area contributed by atoms with Crippen LogP contribution in [0.3, 0.4) is 0 Å². The number of carbonyl (C=O) groups excluding carboxylic acids is 1. The second-order valence-corrected chi connectivity index (χ2v) is 4.69. The summed E-state index contributed by atoms with van der Waals surface area (Å²) in [5.74, 6) is 4.97. The summed E-state index contributed by atoms with van der Waals surface area (Å²) in [6.45, 7) is -0.249. The molecule has 1 heterocycles. The molecule has 2 rings (SSSR count). The van der Waals surface area contributed by atoms with Gasteiger partial charge in [0.05, 0.1) is 11.6 Å². The summed E-state index contributed by atoms with van der Waals surface area (Å²) >= 11 is 1.28. The molecule has 2 aromatic rings. The van der Waals surface area contributed by atoms with Gasteiger partial charge in [0.2, 0.25) is 0 Å². The average Bonchev–Trinajstić information content (AvgIpc) is 2.93. The molecule has 0 fully saturated rings. The number of carbonyl (C=O) groups is 1. The number of nitrogens with zero attached hydrogens (tertiary/aromatic N) is 1. The molecule has 5 heteroatoms. The van der Waals surface area contributed by atoms with Crippen molar-refractivity contribution in [1.29, 1.82) is 5.26 Å². The second kappa shape index (κ2) is 6.53. The lowest BCUT2D eigenvalue weighted by molar-refractivity contribution is 0.103. The van der Waals surface area contributed by atoms with Gasteiger partial charge in [0, 0.05) is 11.3 Å². The van der Waals surface area contributed by atoms with E-state index in [4.69, 9.17) is 10.4 Å². The van der Waals surface area contributed by atoms with Gasteiger partial charge in [-0.2, -0.15) is 5.26 Å². The predicted molar refractivity (Wildman–Crippen MR) is 77.4 cm³/mol. The number of rotatable bonds is 2. The molecule has 0 atom stereocenters. The molecule has 0 saturated carbocycles. The number of hydrogen-bond donors (Lipinski definition) is 2. The number of nitriles is 1. The molecule has 0 saturated heterocycles. The highest BCUT2D eigenvalue weighted by Gasteiger charge is 2.12. The van der Waals surface area contributed by atoms with Crippen molar-refractivity contribution in [2.45, 2.75) is 0 Å². The van der Waals surface area contributed by atoms with Crippen LogP contribution in [0.5, 0.6) is 0 Å². The Morgan fingerprint density at radius 3 is 3.00 bits per heavy atom. The highest BCUT2D eigenvalue weighted by atomic mass is 32.1. The van der Waals surface area contributed by atoms with Crippen molar-refractivity contribution in [3.8, 4) is 17.9 Å². The lowest BCUT2D eigenvalue weighted by Gasteiger charge is -2.04. The van der Waals surface area contributed by atoms with E-state index in [1.54, 1.807) is 35.7 Å². The predicted octanol–water partition coefficient (Wildman–Crippen LogP) is 2.22. The first-order valence-corrected chi connectivity index (χ1v) is 6.61. The molecule has 0 radical (unpaired) electrons. The normalized spacial score (nSPS) is 9.20. The summed E-state index contributed by atoms with van der Waals surface area (Å²) in [6.07, 6.45) is 0. The Morgan fingerprint density at radius 2 is 2.25 bits per heavy atom. The van der Waals surface area contributed by atoms with Gasteiger partial charge < -0.3 is 10.4 Å². The van der Waals surface area contributed by atoms with Gasteiger partial charge in [-0.3, -0.25) is 4.79 Å². The first kappa shape index (κ1) is 13.8. The summed E-state index contributed by atoms with van der Waals surface area (Å²) in [7, 11) is 0. The molecule has 0 spiro atoms. The van der Waals surface area contributed by atoms with Gasteiger partial charge in [-0.05, 0) is 29.6 Å². The van der Waals surface area contributed by atoms with Gasteiger partial charge in [-0.25, -0.2) is 0 Å².